The Morgan fingerprint density at radius 3 is 2.57 bits per heavy atom. The summed E-state index contributed by atoms with van der Waals surface area (Å²) in [5.74, 6) is 0.474. The van der Waals surface area contributed by atoms with E-state index in [-0.39, 0.29) is 5.91 Å². The molecule has 0 atom stereocenters. The molecule has 0 aliphatic heterocycles. The summed E-state index contributed by atoms with van der Waals surface area (Å²) in [7, 11) is 0. The Kier molecular flexibility index (Phi) is 4.01. The predicted octanol–water partition coefficient (Wildman–Crippen LogP) is 2.63. The molecule has 1 amide bonds. The molecule has 0 radical (unpaired) electrons. The zero-order valence-corrected chi connectivity index (χ0v) is 12.1. The second-order valence-corrected chi connectivity index (χ2v) is 5.45. The Balaban J connectivity index is 1.56. The number of rotatable bonds is 5. The van der Waals surface area contributed by atoms with Crippen LogP contribution in [0.4, 0.5) is 5.82 Å². The van der Waals surface area contributed by atoms with Gasteiger partial charge in [-0.15, -0.1) is 0 Å². The van der Waals surface area contributed by atoms with Crippen molar-refractivity contribution in [1.82, 2.24) is 15.3 Å². The van der Waals surface area contributed by atoms with Gasteiger partial charge in [-0.2, -0.15) is 0 Å². The van der Waals surface area contributed by atoms with Gasteiger partial charge in [-0.3, -0.25) is 4.79 Å². The second-order valence-electron chi connectivity index (χ2n) is 5.01. The SMILES string of the molecule is O=C(NC1CC1)c1cnc(NCc2ccc(Cl)cc2)cn1. The quantitative estimate of drug-likeness (QED) is 0.891. The summed E-state index contributed by atoms with van der Waals surface area (Å²) in [6.45, 7) is 0.624. The predicted molar refractivity (Wildman–Crippen MR) is 81.3 cm³/mol. The van der Waals surface area contributed by atoms with Gasteiger partial charge in [-0.1, -0.05) is 23.7 Å². The molecule has 1 aliphatic carbocycles. The molecule has 1 heterocycles. The van der Waals surface area contributed by atoms with E-state index in [1.54, 1.807) is 6.20 Å². The Labute approximate surface area is 127 Å². The zero-order valence-electron chi connectivity index (χ0n) is 11.3. The van der Waals surface area contributed by atoms with Crippen LogP contribution in [0.25, 0.3) is 0 Å². The molecule has 108 valence electrons. The highest BCUT2D eigenvalue weighted by atomic mass is 35.5. The maximum absolute atomic E-state index is 11.8. The number of nitrogens with zero attached hydrogens (tertiary/aromatic N) is 2. The fraction of sp³-hybridized carbons (Fsp3) is 0.267. The lowest BCUT2D eigenvalue weighted by Crippen LogP contribution is -2.26. The van der Waals surface area contributed by atoms with Gasteiger partial charge in [0.15, 0.2) is 0 Å². The molecule has 0 spiro atoms. The number of hydrogen-bond acceptors (Lipinski definition) is 4. The normalized spacial score (nSPS) is 13.8. The second kappa shape index (κ2) is 6.10. The molecule has 3 rings (SSSR count). The van der Waals surface area contributed by atoms with Gasteiger partial charge in [0.2, 0.25) is 0 Å². The molecule has 1 aromatic heterocycles. The number of anilines is 1. The van der Waals surface area contributed by atoms with E-state index in [0.717, 1.165) is 18.4 Å². The third-order valence-electron chi connectivity index (χ3n) is 3.18. The molecule has 21 heavy (non-hydrogen) atoms. The summed E-state index contributed by atoms with van der Waals surface area (Å²) < 4.78 is 0. The standard InChI is InChI=1S/C15H15ClN4O/c16-11-3-1-10(2-4-11)7-18-14-9-17-13(8-19-14)15(21)20-12-5-6-12/h1-4,8-9,12H,5-7H2,(H,18,19)(H,20,21). The van der Waals surface area contributed by atoms with Gasteiger partial charge in [0.25, 0.3) is 5.91 Å². The van der Waals surface area contributed by atoms with Crippen LogP contribution in [0.1, 0.15) is 28.9 Å². The molecule has 2 N–H and O–H groups in total. The van der Waals surface area contributed by atoms with Crippen molar-refractivity contribution in [2.24, 2.45) is 0 Å². The van der Waals surface area contributed by atoms with E-state index in [2.05, 4.69) is 20.6 Å². The fourth-order valence-electron chi connectivity index (χ4n) is 1.82. The molecule has 6 heteroatoms. The Bertz CT molecular complexity index is 623. The van der Waals surface area contributed by atoms with Gasteiger partial charge in [-0.25, -0.2) is 9.97 Å². The number of carbonyl (C=O) groups excluding carboxylic acids is 1. The van der Waals surface area contributed by atoms with Crippen LogP contribution < -0.4 is 10.6 Å². The van der Waals surface area contributed by atoms with Crippen molar-refractivity contribution in [3.05, 3.63) is 52.9 Å². The molecule has 0 bridgehead atoms. The lowest BCUT2D eigenvalue weighted by molar-refractivity contribution is 0.0945. The van der Waals surface area contributed by atoms with Gasteiger partial charge in [0.05, 0.1) is 12.4 Å². The van der Waals surface area contributed by atoms with Gasteiger partial charge in [0.1, 0.15) is 11.5 Å². The van der Waals surface area contributed by atoms with Crippen molar-refractivity contribution < 1.29 is 4.79 Å². The third kappa shape index (κ3) is 3.92. The zero-order chi connectivity index (χ0) is 14.7. The Morgan fingerprint density at radius 2 is 1.95 bits per heavy atom. The van der Waals surface area contributed by atoms with Gasteiger partial charge < -0.3 is 10.6 Å². The van der Waals surface area contributed by atoms with Crippen LogP contribution >= 0.6 is 11.6 Å². The summed E-state index contributed by atoms with van der Waals surface area (Å²) in [4.78, 5) is 20.1. The monoisotopic (exact) mass is 302 g/mol. The minimum atomic E-state index is -0.158. The number of benzene rings is 1. The van der Waals surface area contributed by atoms with E-state index >= 15 is 0 Å². The van der Waals surface area contributed by atoms with Crippen molar-refractivity contribution in [3.63, 3.8) is 0 Å². The van der Waals surface area contributed by atoms with E-state index in [1.165, 1.54) is 6.20 Å². The number of halogens is 1. The van der Waals surface area contributed by atoms with Crippen molar-refractivity contribution in [2.75, 3.05) is 5.32 Å². The molecule has 0 unspecified atom stereocenters. The van der Waals surface area contributed by atoms with Crippen LogP contribution in [-0.2, 0) is 6.54 Å². The maximum Gasteiger partial charge on any atom is 0.271 e. The number of hydrogen-bond donors (Lipinski definition) is 2. The fourth-order valence-corrected chi connectivity index (χ4v) is 1.94. The smallest absolute Gasteiger partial charge is 0.271 e. The van der Waals surface area contributed by atoms with E-state index in [4.69, 9.17) is 11.6 Å². The van der Waals surface area contributed by atoms with Crippen LogP contribution in [0, 0.1) is 0 Å². The van der Waals surface area contributed by atoms with E-state index in [0.29, 0.717) is 29.1 Å². The average molecular weight is 303 g/mol. The molecule has 2 aromatic rings. The molecule has 1 saturated carbocycles. The van der Waals surface area contributed by atoms with Crippen LogP contribution in [0.15, 0.2) is 36.7 Å². The lowest BCUT2D eigenvalue weighted by atomic mass is 10.2. The third-order valence-corrected chi connectivity index (χ3v) is 3.44. The summed E-state index contributed by atoms with van der Waals surface area (Å²) in [5, 5.41) is 6.74. The molecule has 5 nitrogen and oxygen atoms in total. The Hall–Kier alpha value is -2.14. The lowest BCUT2D eigenvalue weighted by Gasteiger charge is -2.06. The number of nitrogens with one attached hydrogen (secondary N) is 2. The highest BCUT2D eigenvalue weighted by molar-refractivity contribution is 6.30. The summed E-state index contributed by atoms with van der Waals surface area (Å²) >= 11 is 5.84. The van der Waals surface area contributed by atoms with Crippen molar-refractivity contribution >= 4 is 23.3 Å². The van der Waals surface area contributed by atoms with Crippen LogP contribution in [0.3, 0.4) is 0 Å². The van der Waals surface area contributed by atoms with Crippen LogP contribution in [0.5, 0.6) is 0 Å². The summed E-state index contributed by atoms with van der Waals surface area (Å²) in [6, 6.07) is 7.90. The van der Waals surface area contributed by atoms with Crippen LogP contribution in [0.2, 0.25) is 5.02 Å². The first-order chi connectivity index (χ1) is 10.2. The van der Waals surface area contributed by atoms with E-state index in [9.17, 15) is 4.79 Å². The van der Waals surface area contributed by atoms with E-state index in [1.807, 2.05) is 24.3 Å². The minimum Gasteiger partial charge on any atom is -0.365 e. The topological polar surface area (TPSA) is 66.9 Å². The number of aromatic nitrogens is 2. The maximum atomic E-state index is 11.8. The summed E-state index contributed by atoms with van der Waals surface area (Å²) in [6.07, 6.45) is 5.17. The average Bonchev–Trinajstić information content (AvgIpc) is 3.31. The van der Waals surface area contributed by atoms with Crippen molar-refractivity contribution in [2.45, 2.75) is 25.4 Å². The van der Waals surface area contributed by atoms with E-state index < -0.39 is 0 Å². The largest absolute Gasteiger partial charge is 0.365 e. The first-order valence-corrected chi connectivity index (χ1v) is 7.20. The number of amides is 1. The summed E-state index contributed by atoms with van der Waals surface area (Å²) in [5.41, 5.74) is 1.44. The minimum absolute atomic E-state index is 0.158. The highest BCUT2D eigenvalue weighted by Gasteiger charge is 2.24. The Morgan fingerprint density at radius 1 is 1.19 bits per heavy atom. The molecule has 1 fully saturated rings. The van der Waals surface area contributed by atoms with Crippen LogP contribution in [-0.4, -0.2) is 21.9 Å². The molecular weight excluding hydrogens is 288 g/mol. The molecular formula is C15H15ClN4O. The molecule has 1 aliphatic rings. The highest BCUT2D eigenvalue weighted by Crippen LogP contribution is 2.19. The van der Waals surface area contributed by atoms with Gasteiger partial charge >= 0.3 is 0 Å². The molecule has 1 aromatic carbocycles. The molecule has 0 saturated heterocycles. The van der Waals surface area contributed by atoms with Crippen molar-refractivity contribution in [1.29, 1.82) is 0 Å². The van der Waals surface area contributed by atoms with Gasteiger partial charge in [0, 0.05) is 17.6 Å². The first-order valence-electron chi connectivity index (χ1n) is 6.82. The first kappa shape index (κ1) is 13.8. The van der Waals surface area contributed by atoms with Crippen molar-refractivity contribution in [3.8, 4) is 0 Å². The van der Waals surface area contributed by atoms with Gasteiger partial charge in [-0.05, 0) is 30.5 Å². The number of carbonyl (C=O) groups is 1.